The quantitative estimate of drug-likeness (QED) is 0.857. The number of amides is 2. The van der Waals surface area contributed by atoms with Crippen LogP contribution in [-0.2, 0) is 14.3 Å². The van der Waals surface area contributed by atoms with Crippen LogP contribution in [0.1, 0.15) is 10.4 Å². The summed E-state index contributed by atoms with van der Waals surface area (Å²) in [4.78, 5) is 37.2. The molecule has 1 heterocycles. The molecule has 1 N–H and O–H groups in total. The largest absolute Gasteiger partial charge is 0.452 e. The first kappa shape index (κ1) is 16.7. The molecule has 1 aliphatic rings. The van der Waals surface area contributed by atoms with Crippen molar-refractivity contribution in [3.05, 3.63) is 60.2 Å². The molecule has 1 saturated heterocycles. The number of hydrogen-bond donors (Lipinski definition) is 1. The van der Waals surface area contributed by atoms with E-state index in [1.807, 2.05) is 42.5 Å². The van der Waals surface area contributed by atoms with Gasteiger partial charge in [-0.25, -0.2) is 4.79 Å². The number of piperazine rings is 1. The van der Waals surface area contributed by atoms with Crippen LogP contribution in [-0.4, -0.2) is 48.9 Å². The van der Waals surface area contributed by atoms with Crippen molar-refractivity contribution in [2.75, 3.05) is 26.2 Å². The Bertz CT molecular complexity index is 789. The third-order valence-electron chi connectivity index (χ3n) is 3.95. The van der Waals surface area contributed by atoms with E-state index in [4.69, 9.17) is 4.74 Å². The molecular formula is C19H18N2O4. The van der Waals surface area contributed by atoms with Crippen molar-refractivity contribution in [1.82, 2.24) is 10.2 Å². The van der Waals surface area contributed by atoms with E-state index in [-0.39, 0.29) is 25.0 Å². The molecule has 0 aliphatic carbocycles. The summed E-state index contributed by atoms with van der Waals surface area (Å²) in [6.45, 7) is 0.449. The third-order valence-corrected chi connectivity index (χ3v) is 3.95. The van der Waals surface area contributed by atoms with Crippen LogP contribution in [0.5, 0.6) is 0 Å². The smallest absolute Gasteiger partial charge is 0.339 e. The summed E-state index contributed by atoms with van der Waals surface area (Å²) in [7, 11) is 0. The minimum atomic E-state index is -0.561. The van der Waals surface area contributed by atoms with Crippen molar-refractivity contribution < 1.29 is 19.1 Å². The number of nitrogens with one attached hydrogen (secondary N) is 1. The van der Waals surface area contributed by atoms with E-state index in [0.717, 1.165) is 11.1 Å². The molecule has 3 rings (SSSR count). The number of ether oxygens (including phenoxy) is 1. The van der Waals surface area contributed by atoms with E-state index in [9.17, 15) is 14.4 Å². The molecule has 0 atom stereocenters. The van der Waals surface area contributed by atoms with Gasteiger partial charge in [-0.05, 0) is 17.2 Å². The molecule has 1 aliphatic heterocycles. The Hall–Kier alpha value is -3.15. The lowest BCUT2D eigenvalue weighted by Crippen LogP contribution is -2.51. The number of esters is 1. The SMILES string of the molecule is O=C1CN(C(=O)COC(=O)c2ccccc2-c2ccccc2)CCN1. The fourth-order valence-electron chi connectivity index (χ4n) is 2.68. The molecule has 6 heteroatoms. The van der Waals surface area contributed by atoms with Crippen LogP contribution >= 0.6 is 0 Å². The van der Waals surface area contributed by atoms with Gasteiger partial charge in [0.25, 0.3) is 5.91 Å². The van der Waals surface area contributed by atoms with E-state index in [0.29, 0.717) is 18.7 Å². The molecule has 128 valence electrons. The third kappa shape index (κ3) is 4.03. The second-order valence-electron chi connectivity index (χ2n) is 5.65. The normalized spacial score (nSPS) is 13.9. The number of hydrogen-bond acceptors (Lipinski definition) is 4. The predicted octanol–water partition coefficient (Wildman–Crippen LogP) is 1.47. The van der Waals surface area contributed by atoms with Crippen molar-refractivity contribution in [3.63, 3.8) is 0 Å². The van der Waals surface area contributed by atoms with Crippen LogP contribution in [0.4, 0.5) is 0 Å². The zero-order chi connectivity index (χ0) is 17.6. The Labute approximate surface area is 145 Å². The van der Waals surface area contributed by atoms with Crippen LogP contribution in [0.25, 0.3) is 11.1 Å². The van der Waals surface area contributed by atoms with Gasteiger partial charge >= 0.3 is 5.97 Å². The molecule has 0 saturated carbocycles. The number of nitrogens with zero attached hydrogens (tertiary/aromatic N) is 1. The van der Waals surface area contributed by atoms with Crippen molar-refractivity contribution in [3.8, 4) is 11.1 Å². The number of carbonyl (C=O) groups is 3. The van der Waals surface area contributed by atoms with Gasteiger partial charge in [0.05, 0.1) is 12.1 Å². The highest BCUT2D eigenvalue weighted by atomic mass is 16.5. The van der Waals surface area contributed by atoms with Crippen LogP contribution in [0.15, 0.2) is 54.6 Å². The molecule has 0 aromatic heterocycles. The fraction of sp³-hybridized carbons (Fsp3) is 0.211. The Balaban J connectivity index is 1.68. The van der Waals surface area contributed by atoms with Gasteiger partial charge in [0, 0.05) is 13.1 Å². The number of carbonyl (C=O) groups excluding carboxylic acids is 3. The standard InChI is InChI=1S/C19H18N2O4/c22-17-12-21(11-10-20-17)18(23)13-25-19(24)16-9-5-4-8-15(16)14-6-2-1-3-7-14/h1-9H,10-13H2,(H,20,22). The van der Waals surface area contributed by atoms with E-state index in [1.165, 1.54) is 4.90 Å². The Morgan fingerprint density at radius 2 is 1.76 bits per heavy atom. The molecule has 1 fully saturated rings. The molecule has 6 nitrogen and oxygen atoms in total. The fourth-order valence-corrected chi connectivity index (χ4v) is 2.68. The highest BCUT2D eigenvalue weighted by molar-refractivity contribution is 5.98. The maximum atomic E-state index is 12.4. The van der Waals surface area contributed by atoms with Crippen molar-refractivity contribution >= 4 is 17.8 Å². The lowest BCUT2D eigenvalue weighted by molar-refractivity contribution is -0.140. The molecule has 0 spiro atoms. The molecule has 2 amide bonds. The minimum absolute atomic E-state index is 0.00299. The van der Waals surface area contributed by atoms with Crippen LogP contribution in [0, 0.1) is 0 Å². The predicted molar refractivity (Wildman–Crippen MR) is 91.8 cm³/mol. The number of benzene rings is 2. The topological polar surface area (TPSA) is 75.7 Å². The second kappa shape index (κ2) is 7.61. The Kier molecular flexibility index (Phi) is 5.09. The van der Waals surface area contributed by atoms with Crippen LogP contribution in [0.3, 0.4) is 0 Å². The molecule has 25 heavy (non-hydrogen) atoms. The highest BCUT2D eigenvalue weighted by Crippen LogP contribution is 2.23. The summed E-state index contributed by atoms with van der Waals surface area (Å²) in [5.74, 6) is -1.14. The lowest BCUT2D eigenvalue weighted by atomic mass is 10.00. The van der Waals surface area contributed by atoms with Gasteiger partial charge in [-0.1, -0.05) is 48.5 Å². The average molecular weight is 338 g/mol. The monoisotopic (exact) mass is 338 g/mol. The van der Waals surface area contributed by atoms with Crippen molar-refractivity contribution in [1.29, 1.82) is 0 Å². The van der Waals surface area contributed by atoms with Gasteiger partial charge in [-0.2, -0.15) is 0 Å². The molecule has 0 bridgehead atoms. The molecular weight excluding hydrogens is 320 g/mol. The Morgan fingerprint density at radius 1 is 1.04 bits per heavy atom. The molecule has 0 radical (unpaired) electrons. The average Bonchev–Trinajstić information content (AvgIpc) is 2.66. The molecule has 0 unspecified atom stereocenters. The highest BCUT2D eigenvalue weighted by Gasteiger charge is 2.22. The zero-order valence-electron chi connectivity index (χ0n) is 13.6. The summed E-state index contributed by atoms with van der Waals surface area (Å²) in [6, 6.07) is 16.6. The Morgan fingerprint density at radius 3 is 2.52 bits per heavy atom. The first-order valence-corrected chi connectivity index (χ1v) is 8.01. The second-order valence-corrected chi connectivity index (χ2v) is 5.65. The van der Waals surface area contributed by atoms with E-state index >= 15 is 0 Å². The van der Waals surface area contributed by atoms with Crippen LogP contribution < -0.4 is 5.32 Å². The molecule has 2 aromatic rings. The molecule has 2 aromatic carbocycles. The minimum Gasteiger partial charge on any atom is -0.452 e. The summed E-state index contributed by atoms with van der Waals surface area (Å²) >= 11 is 0. The summed E-state index contributed by atoms with van der Waals surface area (Å²) in [5.41, 5.74) is 2.05. The van der Waals surface area contributed by atoms with E-state index in [1.54, 1.807) is 12.1 Å². The van der Waals surface area contributed by atoms with Gasteiger partial charge in [0.15, 0.2) is 6.61 Å². The van der Waals surface area contributed by atoms with Gasteiger partial charge in [-0.15, -0.1) is 0 Å². The van der Waals surface area contributed by atoms with Gasteiger partial charge in [0.2, 0.25) is 5.91 Å². The van der Waals surface area contributed by atoms with Gasteiger partial charge in [-0.3, -0.25) is 9.59 Å². The first-order chi connectivity index (χ1) is 12.1. The van der Waals surface area contributed by atoms with Gasteiger partial charge < -0.3 is 15.0 Å². The van der Waals surface area contributed by atoms with E-state index < -0.39 is 5.97 Å². The maximum absolute atomic E-state index is 12.4. The first-order valence-electron chi connectivity index (χ1n) is 8.01. The van der Waals surface area contributed by atoms with Crippen molar-refractivity contribution in [2.24, 2.45) is 0 Å². The van der Waals surface area contributed by atoms with Gasteiger partial charge in [0.1, 0.15) is 0 Å². The van der Waals surface area contributed by atoms with E-state index in [2.05, 4.69) is 5.32 Å². The lowest BCUT2D eigenvalue weighted by Gasteiger charge is -2.26. The van der Waals surface area contributed by atoms with Crippen LogP contribution in [0.2, 0.25) is 0 Å². The zero-order valence-corrected chi connectivity index (χ0v) is 13.6. The summed E-state index contributed by atoms with van der Waals surface area (Å²) < 4.78 is 5.18. The number of rotatable bonds is 4. The van der Waals surface area contributed by atoms with Crippen molar-refractivity contribution in [2.45, 2.75) is 0 Å². The summed E-state index contributed by atoms with van der Waals surface area (Å²) in [6.07, 6.45) is 0. The maximum Gasteiger partial charge on any atom is 0.339 e. The summed E-state index contributed by atoms with van der Waals surface area (Å²) in [5, 5.41) is 2.64.